The molecule has 2 aromatic rings. The molecule has 20 heavy (non-hydrogen) atoms. The number of rotatable bonds is 5. The number of amides is 1. The third kappa shape index (κ3) is 3.78. The Bertz CT molecular complexity index is 592. The summed E-state index contributed by atoms with van der Waals surface area (Å²) >= 11 is 1.62. The Kier molecular flexibility index (Phi) is 5.07. The van der Waals surface area contributed by atoms with Crippen molar-refractivity contribution >= 4 is 23.3 Å². The quantitative estimate of drug-likeness (QED) is 0.763. The summed E-state index contributed by atoms with van der Waals surface area (Å²) in [7, 11) is 0. The summed E-state index contributed by atoms with van der Waals surface area (Å²) in [4.78, 5) is 15.0. The van der Waals surface area contributed by atoms with Crippen molar-refractivity contribution in [1.29, 1.82) is 0 Å². The smallest absolute Gasteiger partial charge is 0.246 e. The minimum absolute atomic E-state index is 0.107. The van der Waals surface area contributed by atoms with Crippen molar-refractivity contribution in [2.24, 2.45) is 0 Å². The van der Waals surface area contributed by atoms with Crippen molar-refractivity contribution < 1.29 is 9.18 Å². The Morgan fingerprint density at radius 2 is 2.10 bits per heavy atom. The van der Waals surface area contributed by atoms with Crippen molar-refractivity contribution in [2.75, 3.05) is 6.54 Å². The van der Waals surface area contributed by atoms with E-state index in [0.29, 0.717) is 18.7 Å². The summed E-state index contributed by atoms with van der Waals surface area (Å²) in [6, 6.07) is 10.4. The summed E-state index contributed by atoms with van der Waals surface area (Å²) in [6.45, 7) is 3.15. The Balaban J connectivity index is 2.04. The number of nitrogens with zero attached hydrogens (tertiary/aromatic N) is 1. The molecule has 0 spiro atoms. The molecule has 1 heterocycles. The van der Waals surface area contributed by atoms with Gasteiger partial charge >= 0.3 is 0 Å². The van der Waals surface area contributed by atoms with Crippen molar-refractivity contribution in [3.05, 3.63) is 64.1 Å². The van der Waals surface area contributed by atoms with Crippen LogP contribution in [0, 0.1) is 5.82 Å². The second-order valence-corrected chi connectivity index (χ2v) is 5.32. The molecule has 0 aliphatic heterocycles. The Hall–Kier alpha value is -1.94. The van der Waals surface area contributed by atoms with Crippen LogP contribution >= 0.6 is 11.3 Å². The first-order valence-electron chi connectivity index (χ1n) is 6.44. The molecule has 0 bridgehead atoms. The van der Waals surface area contributed by atoms with Crippen molar-refractivity contribution in [3.8, 4) is 0 Å². The van der Waals surface area contributed by atoms with Gasteiger partial charge in [0.15, 0.2) is 0 Å². The predicted octanol–water partition coefficient (Wildman–Crippen LogP) is 3.95. The lowest BCUT2D eigenvalue weighted by Gasteiger charge is -2.18. The molecular weight excluding hydrogens is 273 g/mol. The largest absolute Gasteiger partial charge is 0.334 e. The Morgan fingerprint density at radius 1 is 1.30 bits per heavy atom. The molecule has 2 rings (SSSR count). The molecular formula is C16H16FNOS. The van der Waals surface area contributed by atoms with Gasteiger partial charge < -0.3 is 4.90 Å². The first-order chi connectivity index (χ1) is 9.70. The molecule has 0 aliphatic rings. The van der Waals surface area contributed by atoms with E-state index >= 15 is 0 Å². The monoisotopic (exact) mass is 289 g/mol. The summed E-state index contributed by atoms with van der Waals surface area (Å²) in [5, 5.41) is 1.99. The first-order valence-corrected chi connectivity index (χ1v) is 7.32. The minimum Gasteiger partial charge on any atom is -0.334 e. The molecule has 0 atom stereocenters. The van der Waals surface area contributed by atoms with E-state index in [-0.39, 0.29) is 11.7 Å². The van der Waals surface area contributed by atoms with Crippen molar-refractivity contribution in [3.63, 3.8) is 0 Å². The van der Waals surface area contributed by atoms with E-state index in [1.165, 1.54) is 18.2 Å². The minimum atomic E-state index is -0.321. The molecule has 1 aromatic carbocycles. The van der Waals surface area contributed by atoms with Gasteiger partial charge in [-0.15, -0.1) is 11.3 Å². The van der Waals surface area contributed by atoms with Gasteiger partial charge in [-0.05, 0) is 30.5 Å². The summed E-state index contributed by atoms with van der Waals surface area (Å²) in [6.07, 6.45) is 2.95. The van der Waals surface area contributed by atoms with E-state index < -0.39 is 0 Å². The summed E-state index contributed by atoms with van der Waals surface area (Å²) in [5.41, 5.74) is 0.424. The van der Waals surface area contributed by atoms with Gasteiger partial charge in [-0.2, -0.15) is 0 Å². The van der Waals surface area contributed by atoms with Gasteiger partial charge in [0.05, 0.1) is 6.54 Å². The third-order valence-corrected chi connectivity index (χ3v) is 3.79. The second kappa shape index (κ2) is 7.01. The third-order valence-electron chi connectivity index (χ3n) is 2.93. The van der Waals surface area contributed by atoms with Gasteiger partial charge in [0, 0.05) is 23.1 Å². The SMILES string of the molecule is CCN(Cc1cccs1)C(=O)C=Cc1ccccc1F. The molecule has 0 saturated heterocycles. The highest BCUT2D eigenvalue weighted by Gasteiger charge is 2.09. The number of thiophene rings is 1. The number of hydrogen-bond donors (Lipinski definition) is 0. The molecule has 0 radical (unpaired) electrons. The van der Waals surface area contributed by atoms with Crippen LogP contribution in [0.4, 0.5) is 4.39 Å². The molecule has 0 N–H and O–H groups in total. The molecule has 1 aromatic heterocycles. The second-order valence-electron chi connectivity index (χ2n) is 4.29. The highest BCUT2D eigenvalue weighted by Crippen LogP contribution is 2.13. The number of carbonyl (C=O) groups excluding carboxylic acids is 1. The fraction of sp³-hybridized carbons (Fsp3) is 0.188. The molecule has 2 nitrogen and oxygen atoms in total. The Labute approximate surface area is 122 Å². The Morgan fingerprint density at radius 3 is 2.75 bits per heavy atom. The van der Waals surface area contributed by atoms with Crippen LogP contribution in [0.5, 0.6) is 0 Å². The number of benzene rings is 1. The van der Waals surface area contributed by atoms with Crippen molar-refractivity contribution in [1.82, 2.24) is 4.90 Å². The van der Waals surface area contributed by atoms with Crippen LogP contribution in [-0.2, 0) is 11.3 Å². The average molecular weight is 289 g/mol. The number of halogens is 1. The zero-order valence-electron chi connectivity index (χ0n) is 11.3. The van der Waals surface area contributed by atoms with E-state index in [4.69, 9.17) is 0 Å². The first kappa shape index (κ1) is 14.5. The molecule has 0 fully saturated rings. The lowest BCUT2D eigenvalue weighted by Crippen LogP contribution is -2.28. The lowest BCUT2D eigenvalue weighted by atomic mass is 10.2. The van der Waals surface area contributed by atoms with Gasteiger partial charge in [-0.25, -0.2) is 4.39 Å². The highest BCUT2D eigenvalue weighted by atomic mass is 32.1. The maximum absolute atomic E-state index is 13.5. The molecule has 0 unspecified atom stereocenters. The maximum Gasteiger partial charge on any atom is 0.246 e. The molecule has 1 amide bonds. The van der Waals surface area contributed by atoms with Gasteiger partial charge in [-0.3, -0.25) is 4.79 Å². The standard InChI is InChI=1S/C16H16FNOS/c1-2-18(12-14-7-5-11-20-14)16(19)10-9-13-6-3-4-8-15(13)17/h3-11H,2,12H2,1H3. The van der Waals surface area contributed by atoms with E-state index in [9.17, 15) is 9.18 Å². The normalized spacial score (nSPS) is 10.9. The zero-order valence-corrected chi connectivity index (χ0v) is 12.1. The summed E-state index contributed by atoms with van der Waals surface area (Å²) < 4.78 is 13.5. The van der Waals surface area contributed by atoms with Gasteiger partial charge in [0.2, 0.25) is 5.91 Å². The summed E-state index contributed by atoms with van der Waals surface area (Å²) in [5.74, 6) is -0.429. The zero-order chi connectivity index (χ0) is 14.4. The fourth-order valence-electron chi connectivity index (χ4n) is 1.81. The van der Waals surface area contributed by atoms with Crippen LogP contribution in [0.15, 0.2) is 47.9 Å². The topological polar surface area (TPSA) is 20.3 Å². The van der Waals surface area contributed by atoms with Crippen LogP contribution < -0.4 is 0 Å². The number of hydrogen-bond acceptors (Lipinski definition) is 2. The molecule has 0 aliphatic carbocycles. The van der Waals surface area contributed by atoms with E-state index in [1.807, 2.05) is 24.4 Å². The van der Waals surface area contributed by atoms with Crippen molar-refractivity contribution in [2.45, 2.75) is 13.5 Å². The van der Waals surface area contributed by atoms with Gasteiger partial charge in [-0.1, -0.05) is 24.3 Å². The number of carbonyl (C=O) groups is 1. The van der Waals surface area contributed by atoms with Crippen LogP contribution in [-0.4, -0.2) is 17.4 Å². The predicted molar refractivity (Wildman–Crippen MR) is 80.8 cm³/mol. The molecule has 0 saturated carbocycles. The van der Waals surface area contributed by atoms with E-state index in [1.54, 1.807) is 34.4 Å². The van der Waals surface area contributed by atoms with Crippen LogP contribution in [0.3, 0.4) is 0 Å². The maximum atomic E-state index is 13.5. The van der Waals surface area contributed by atoms with Gasteiger partial charge in [0.1, 0.15) is 5.82 Å². The molecule has 4 heteroatoms. The van der Waals surface area contributed by atoms with Crippen LogP contribution in [0.1, 0.15) is 17.4 Å². The van der Waals surface area contributed by atoms with Gasteiger partial charge in [0.25, 0.3) is 0 Å². The van der Waals surface area contributed by atoms with E-state index in [0.717, 1.165) is 4.88 Å². The van der Waals surface area contributed by atoms with Crippen LogP contribution in [0.25, 0.3) is 6.08 Å². The van der Waals surface area contributed by atoms with E-state index in [2.05, 4.69) is 0 Å². The van der Waals surface area contributed by atoms with Crippen LogP contribution in [0.2, 0.25) is 0 Å². The highest BCUT2D eigenvalue weighted by molar-refractivity contribution is 7.09. The molecule has 104 valence electrons. The number of likely N-dealkylation sites (N-methyl/N-ethyl adjacent to an activating group) is 1. The average Bonchev–Trinajstić information content (AvgIpc) is 2.96. The fourth-order valence-corrected chi connectivity index (χ4v) is 2.53. The lowest BCUT2D eigenvalue weighted by molar-refractivity contribution is -0.126.